The van der Waals surface area contributed by atoms with Crippen molar-refractivity contribution in [2.45, 2.75) is 40.2 Å². The van der Waals surface area contributed by atoms with Crippen LogP contribution in [0.2, 0.25) is 0 Å². The van der Waals surface area contributed by atoms with Crippen molar-refractivity contribution in [3.8, 4) is 0 Å². The number of carbonyl (C=O) groups excluding carboxylic acids is 1. The number of carbonyl (C=O) groups is 1. The van der Waals surface area contributed by atoms with E-state index in [1.165, 1.54) is 16.7 Å². The minimum Gasteiger partial charge on any atom is -0.340 e. The van der Waals surface area contributed by atoms with Crippen molar-refractivity contribution in [1.82, 2.24) is 9.80 Å². The van der Waals surface area contributed by atoms with E-state index in [-0.39, 0.29) is 17.4 Å². The lowest BCUT2D eigenvalue weighted by Crippen LogP contribution is -2.50. The number of piperazine rings is 1. The van der Waals surface area contributed by atoms with Gasteiger partial charge in [0.1, 0.15) is 0 Å². The van der Waals surface area contributed by atoms with Crippen LogP contribution in [0, 0.1) is 12.3 Å². The van der Waals surface area contributed by atoms with Crippen LogP contribution in [-0.4, -0.2) is 41.9 Å². The topological polar surface area (TPSA) is 23.6 Å². The Morgan fingerprint density at radius 2 is 1.44 bits per heavy atom. The first-order valence-electron chi connectivity index (χ1n) is 9.97. The second kappa shape index (κ2) is 8.26. The van der Waals surface area contributed by atoms with E-state index >= 15 is 0 Å². The monoisotopic (exact) mass is 364 g/mol. The highest BCUT2D eigenvalue weighted by Gasteiger charge is 2.29. The highest BCUT2D eigenvalue weighted by molar-refractivity contribution is 5.76. The number of amides is 1. The molecule has 0 saturated carbocycles. The average Bonchev–Trinajstić information content (AvgIpc) is 2.64. The Bertz CT molecular complexity index is 738. The van der Waals surface area contributed by atoms with E-state index in [4.69, 9.17) is 0 Å². The highest BCUT2D eigenvalue weighted by Crippen LogP contribution is 2.30. The minimum absolute atomic E-state index is 0.0443. The predicted octanol–water partition coefficient (Wildman–Crippen LogP) is 4.66. The van der Waals surface area contributed by atoms with Gasteiger partial charge in [-0.3, -0.25) is 9.69 Å². The second-order valence-electron chi connectivity index (χ2n) is 8.88. The fourth-order valence-corrected chi connectivity index (χ4v) is 3.79. The Hall–Kier alpha value is -2.13. The van der Waals surface area contributed by atoms with Gasteiger partial charge in [-0.2, -0.15) is 0 Å². The minimum atomic E-state index is 0.0443. The first-order chi connectivity index (χ1) is 12.8. The van der Waals surface area contributed by atoms with Crippen molar-refractivity contribution in [3.05, 3.63) is 71.3 Å². The van der Waals surface area contributed by atoms with Crippen molar-refractivity contribution < 1.29 is 4.79 Å². The third-order valence-corrected chi connectivity index (χ3v) is 5.22. The van der Waals surface area contributed by atoms with Crippen molar-refractivity contribution in [2.24, 2.45) is 5.41 Å². The van der Waals surface area contributed by atoms with Gasteiger partial charge in [0, 0.05) is 32.6 Å². The molecule has 0 aliphatic carbocycles. The van der Waals surface area contributed by atoms with Gasteiger partial charge in [0.2, 0.25) is 5.91 Å². The number of nitrogens with zero attached hydrogens (tertiary/aromatic N) is 2. The number of benzene rings is 2. The van der Waals surface area contributed by atoms with E-state index in [1.54, 1.807) is 0 Å². The Kier molecular flexibility index (Phi) is 6.01. The Labute approximate surface area is 164 Å². The zero-order valence-corrected chi connectivity index (χ0v) is 17.1. The van der Waals surface area contributed by atoms with Gasteiger partial charge in [-0.15, -0.1) is 0 Å². The van der Waals surface area contributed by atoms with Gasteiger partial charge < -0.3 is 4.90 Å². The largest absolute Gasteiger partial charge is 0.340 e. The first-order valence-corrected chi connectivity index (χ1v) is 9.97. The van der Waals surface area contributed by atoms with Crippen LogP contribution >= 0.6 is 0 Å². The molecule has 1 aliphatic rings. The van der Waals surface area contributed by atoms with Crippen LogP contribution in [0.25, 0.3) is 0 Å². The van der Waals surface area contributed by atoms with Gasteiger partial charge in [-0.05, 0) is 23.5 Å². The van der Waals surface area contributed by atoms with Crippen LogP contribution < -0.4 is 0 Å². The molecular formula is C24H32N2O. The number of rotatable bonds is 4. The summed E-state index contributed by atoms with van der Waals surface area (Å²) in [6.45, 7) is 11.9. The smallest absolute Gasteiger partial charge is 0.223 e. The van der Waals surface area contributed by atoms with Crippen LogP contribution in [0.4, 0.5) is 0 Å². The summed E-state index contributed by atoms with van der Waals surface area (Å²) in [5.74, 6) is 0.286. The number of hydrogen-bond donors (Lipinski definition) is 0. The first kappa shape index (κ1) is 19.6. The van der Waals surface area contributed by atoms with Gasteiger partial charge in [0.05, 0.1) is 6.04 Å². The molecule has 0 aromatic heterocycles. The number of hydrogen-bond acceptors (Lipinski definition) is 2. The Morgan fingerprint density at radius 3 is 2.00 bits per heavy atom. The molecule has 3 rings (SSSR count). The third-order valence-electron chi connectivity index (χ3n) is 5.22. The molecule has 27 heavy (non-hydrogen) atoms. The van der Waals surface area contributed by atoms with Gasteiger partial charge in [-0.1, -0.05) is 80.9 Å². The molecule has 0 unspecified atom stereocenters. The SMILES string of the molecule is Cc1ccc([C@@H](c2ccccc2)N2CCN(C(=O)CC(C)(C)C)CC2)cc1. The molecule has 2 aromatic carbocycles. The average molecular weight is 365 g/mol. The summed E-state index contributed by atoms with van der Waals surface area (Å²) in [5.41, 5.74) is 3.96. The standard InChI is InChI=1S/C24H32N2O/c1-19-10-12-21(13-11-19)23(20-8-6-5-7-9-20)26-16-14-25(15-17-26)22(27)18-24(2,3)4/h5-13,23H,14-18H2,1-4H3/t23-/m1/s1. The van der Waals surface area contributed by atoms with Crippen molar-refractivity contribution in [3.63, 3.8) is 0 Å². The second-order valence-corrected chi connectivity index (χ2v) is 8.88. The quantitative estimate of drug-likeness (QED) is 0.787. The molecule has 0 radical (unpaired) electrons. The molecule has 2 aromatic rings. The summed E-state index contributed by atoms with van der Waals surface area (Å²) in [6, 6.07) is 19.8. The van der Waals surface area contributed by atoms with E-state index in [2.05, 4.69) is 87.2 Å². The summed E-state index contributed by atoms with van der Waals surface area (Å²) < 4.78 is 0. The zero-order chi connectivity index (χ0) is 19.4. The lowest BCUT2D eigenvalue weighted by Gasteiger charge is -2.40. The fraction of sp³-hybridized carbons (Fsp3) is 0.458. The molecule has 1 saturated heterocycles. The van der Waals surface area contributed by atoms with Crippen molar-refractivity contribution in [1.29, 1.82) is 0 Å². The van der Waals surface area contributed by atoms with Crippen molar-refractivity contribution in [2.75, 3.05) is 26.2 Å². The summed E-state index contributed by atoms with van der Waals surface area (Å²) in [6.07, 6.45) is 0.618. The summed E-state index contributed by atoms with van der Waals surface area (Å²) >= 11 is 0. The Balaban J connectivity index is 1.75. The molecule has 1 fully saturated rings. The molecule has 1 heterocycles. The van der Waals surface area contributed by atoms with E-state index in [1.807, 2.05) is 4.90 Å². The van der Waals surface area contributed by atoms with E-state index in [0.717, 1.165) is 26.2 Å². The predicted molar refractivity (Wildman–Crippen MR) is 112 cm³/mol. The van der Waals surface area contributed by atoms with Gasteiger partial charge in [-0.25, -0.2) is 0 Å². The maximum absolute atomic E-state index is 12.6. The molecular weight excluding hydrogens is 332 g/mol. The molecule has 3 nitrogen and oxygen atoms in total. The molecule has 0 bridgehead atoms. The van der Waals surface area contributed by atoms with Crippen molar-refractivity contribution >= 4 is 5.91 Å². The molecule has 144 valence electrons. The zero-order valence-electron chi connectivity index (χ0n) is 17.1. The van der Waals surface area contributed by atoms with Gasteiger partial charge in [0.15, 0.2) is 0 Å². The highest BCUT2D eigenvalue weighted by atomic mass is 16.2. The molecule has 0 spiro atoms. The lowest BCUT2D eigenvalue weighted by atomic mass is 9.91. The van der Waals surface area contributed by atoms with E-state index in [9.17, 15) is 4.79 Å². The molecule has 3 heteroatoms. The molecule has 1 aliphatic heterocycles. The van der Waals surface area contributed by atoms with Crippen LogP contribution in [0.15, 0.2) is 54.6 Å². The maximum atomic E-state index is 12.6. The van der Waals surface area contributed by atoms with Crippen LogP contribution in [-0.2, 0) is 4.79 Å². The molecule has 1 amide bonds. The van der Waals surface area contributed by atoms with Gasteiger partial charge in [0.25, 0.3) is 0 Å². The summed E-state index contributed by atoms with van der Waals surface area (Å²) in [4.78, 5) is 17.1. The fourth-order valence-electron chi connectivity index (χ4n) is 3.79. The number of aryl methyl sites for hydroxylation is 1. The third kappa shape index (κ3) is 5.20. The summed E-state index contributed by atoms with van der Waals surface area (Å²) in [5, 5.41) is 0. The lowest BCUT2D eigenvalue weighted by molar-refractivity contribution is -0.135. The van der Waals surface area contributed by atoms with E-state index in [0.29, 0.717) is 6.42 Å². The Morgan fingerprint density at radius 1 is 0.889 bits per heavy atom. The van der Waals surface area contributed by atoms with Crippen LogP contribution in [0.1, 0.15) is 49.9 Å². The van der Waals surface area contributed by atoms with Gasteiger partial charge >= 0.3 is 0 Å². The maximum Gasteiger partial charge on any atom is 0.223 e. The summed E-state index contributed by atoms with van der Waals surface area (Å²) in [7, 11) is 0. The molecule has 0 N–H and O–H groups in total. The van der Waals surface area contributed by atoms with Crippen LogP contribution in [0.3, 0.4) is 0 Å². The van der Waals surface area contributed by atoms with Crippen LogP contribution in [0.5, 0.6) is 0 Å². The van der Waals surface area contributed by atoms with E-state index < -0.39 is 0 Å². The molecule has 1 atom stereocenters. The normalized spacial score (nSPS) is 17.0.